The Morgan fingerprint density at radius 1 is 1.02 bits per heavy atom. The molecule has 46 heavy (non-hydrogen) atoms. The molecule has 3 atom stereocenters. The van der Waals surface area contributed by atoms with Crippen molar-refractivity contribution in [2.75, 3.05) is 19.6 Å². The molecule has 0 spiro atoms. The molecule has 3 N–H and O–H groups in total. The topological polar surface area (TPSA) is 127 Å². The Morgan fingerprint density at radius 2 is 1.72 bits per heavy atom. The van der Waals surface area contributed by atoms with Gasteiger partial charge in [-0.25, -0.2) is 0 Å². The van der Waals surface area contributed by atoms with Crippen LogP contribution in [0.1, 0.15) is 78.7 Å². The van der Waals surface area contributed by atoms with Crippen LogP contribution < -0.4 is 5.32 Å². The Labute approximate surface area is 271 Å². The second-order valence-electron chi connectivity index (χ2n) is 13.4. The molecule has 13 heteroatoms. The highest BCUT2D eigenvalue weighted by Crippen LogP contribution is 2.59. The largest absolute Gasteiger partial charge is 0.399 e. The van der Waals surface area contributed by atoms with Crippen LogP contribution in [0, 0.1) is 12.3 Å². The zero-order chi connectivity index (χ0) is 33.6. The molecular formula is C33H40F2N3O6PS. The van der Waals surface area contributed by atoms with E-state index in [1.54, 1.807) is 4.90 Å². The van der Waals surface area contributed by atoms with Crippen molar-refractivity contribution in [2.24, 2.45) is 5.41 Å². The van der Waals surface area contributed by atoms with Gasteiger partial charge in [-0.3, -0.25) is 18.9 Å². The second kappa shape index (κ2) is 12.8. The summed E-state index contributed by atoms with van der Waals surface area (Å²) in [7, 11) is -5.76. The lowest BCUT2D eigenvalue weighted by Gasteiger charge is -2.39. The van der Waals surface area contributed by atoms with Crippen molar-refractivity contribution in [2.45, 2.75) is 77.0 Å². The number of hydrogen-bond acceptors (Lipinski definition) is 5. The second-order valence-corrected chi connectivity index (χ2v) is 16.1. The Hall–Kier alpha value is -3.18. The molecule has 0 saturated carbocycles. The van der Waals surface area contributed by atoms with E-state index in [0.29, 0.717) is 37.2 Å². The van der Waals surface area contributed by atoms with Gasteiger partial charge in [0, 0.05) is 35.8 Å². The minimum atomic E-state index is -5.76. The molecule has 0 aliphatic carbocycles. The van der Waals surface area contributed by atoms with Crippen molar-refractivity contribution in [1.29, 1.82) is 0 Å². The molecule has 2 fully saturated rings. The summed E-state index contributed by atoms with van der Waals surface area (Å²) in [5.41, 5.74) is -3.53. The molecule has 2 aromatic carbocycles. The summed E-state index contributed by atoms with van der Waals surface area (Å²) in [6, 6.07) is 11.1. The summed E-state index contributed by atoms with van der Waals surface area (Å²) in [4.78, 5) is 63.3. The first kappa shape index (κ1) is 34.2. The van der Waals surface area contributed by atoms with Crippen LogP contribution in [-0.2, 0) is 19.8 Å². The average Bonchev–Trinajstić information content (AvgIpc) is 3.66. The standard InChI is InChI=1S/C33H40F2N3O6PS/c1-20-9-5-6-11-24(20)21-10-7-15-37(19-21)30(40)25-12-8-16-38(25)31(41)28(32(2,3)4)36-29(39)27-18-22-17-23(13-14-26(22)46-27)33(34,35)45(42,43)44/h5-6,9,11,13-14,17-18,21,25,28H,7-8,10,12,15-16,19H2,1-4H3,(H,36,39)(H2,42,43,44)/t21?,25-,28+/m0/s1. The molecule has 2 aliphatic rings. The number of amides is 3. The number of aryl methyl sites for hydroxylation is 1. The maximum Gasteiger partial charge on any atom is 0.399 e. The highest BCUT2D eigenvalue weighted by Gasteiger charge is 2.50. The summed E-state index contributed by atoms with van der Waals surface area (Å²) in [6.45, 7) is 9.16. The number of piperidine rings is 1. The minimum absolute atomic E-state index is 0.0736. The fraction of sp³-hybridized carbons (Fsp3) is 0.485. The number of nitrogens with one attached hydrogen (secondary N) is 1. The monoisotopic (exact) mass is 675 g/mol. The summed E-state index contributed by atoms with van der Waals surface area (Å²) in [6.07, 6.45) is 3.07. The quantitative estimate of drug-likeness (QED) is 0.265. The third kappa shape index (κ3) is 6.76. The van der Waals surface area contributed by atoms with E-state index in [1.807, 2.05) is 37.8 Å². The van der Waals surface area contributed by atoms with Crippen molar-refractivity contribution in [3.8, 4) is 0 Å². The number of carbonyl (C=O) groups is 3. The van der Waals surface area contributed by atoms with Crippen LogP contribution in [0.15, 0.2) is 48.5 Å². The van der Waals surface area contributed by atoms with Gasteiger partial charge in [-0.15, -0.1) is 11.3 Å². The van der Waals surface area contributed by atoms with Crippen molar-refractivity contribution >= 4 is 46.7 Å². The minimum Gasteiger partial charge on any atom is -0.340 e. The van der Waals surface area contributed by atoms with Crippen LogP contribution in [0.3, 0.4) is 0 Å². The predicted molar refractivity (Wildman–Crippen MR) is 173 cm³/mol. The van der Waals surface area contributed by atoms with Gasteiger partial charge < -0.3 is 24.9 Å². The van der Waals surface area contributed by atoms with Gasteiger partial charge in [0.05, 0.1) is 4.88 Å². The van der Waals surface area contributed by atoms with Gasteiger partial charge in [0.1, 0.15) is 12.1 Å². The number of hydrogen-bond donors (Lipinski definition) is 3. The first-order valence-electron chi connectivity index (χ1n) is 15.4. The molecule has 3 heterocycles. The number of alkyl halides is 2. The Balaban J connectivity index is 1.33. The maximum atomic E-state index is 14.3. The molecule has 5 rings (SSSR count). The number of rotatable bonds is 7. The summed E-state index contributed by atoms with van der Waals surface area (Å²) in [5.74, 6) is -0.784. The van der Waals surface area contributed by atoms with E-state index < -0.39 is 42.2 Å². The van der Waals surface area contributed by atoms with E-state index in [0.717, 1.165) is 36.3 Å². The molecular weight excluding hydrogens is 635 g/mol. The molecule has 1 unspecified atom stereocenters. The van der Waals surface area contributed by atoms with E-state index >= 15 is 0 Å². The third-order valence-electron chi connectivity index (χ3n) is 9.02. The van der Waals surface area contributed by atoms with E-state index in [9.17, 15) is 27.7 Å². The van der Waals surface area contributed by atoms with Gasteiger partial charge in [0.15, 0.2) is 0 Å². The number of carbonyl (C=O) groups excluding carboxylic acids is 3. The van der Waals surface area contributed by atoms with E-state index in [2.05, 4.69) is 24.4 Å². The average molecular weight is 676 g/mol. The highest BCUT2D eigenvalue weighted by molar-refractivity contribution is 7.52. The van der Waals surface area contributed by atoms with Gasteiger partial charge in [0.2, 0.25) is 11.8 Å². The molecule has 9 nitrogen and oxygen atoms in total. The lowest BCUT2D eigenvalue weighted by molar-refractivity contribution is -0.146. The van der Waals surface area contributed by atoms with Crippen LogP contribution in [0.25, 0.3) is 10.1 Å². The summed E-state index contributed by atoms with van der Waals surface area (Å²) < 4.78 is 40.4. The first-order chi connectivity index (χ1) is 21.5. The summed E-state index contributed by atoms with van der Waals surface area (Å²) in [5, 5.41) is 3.05. The van der Waals surface area contributed by atoms with Crippen molar-refractivity contribution < 1.29 is 37.5 Å². The van der Waals surface area contributed by atoms with Gasteiger partial charge >= 0.3 is 13.3 Å². The molecule has 0 bridgehead atoms. The number of benzene rings is 2. The van der Waals surface area contributed by atoms with Crippen LogP contribution in [0.2, 0.25) is 0 Å². The van der Waals surface area contributed by atoms with Crippen molar-refractivity contribution in [3.05, 3.63) is 70.1 Å². The van der Waals surface area contributed by atoms with Crippen LogP contribution >= 0.6 is 18.9 Å². The number of halogens is 2. The van der Waals surface area contributed by atoms with Gasteiger partial charge in [-0.05, 0) is 72.7 Å². The molecule has 3 amide bonds. The zero-order valence-corrected chi connectivity index (χ0v) is 28.0. The van der Waals surface area contributed by atoms with Crippen molar-refractivity contribution in [3.63, 3.8) is 0 Å². The molecule has 0 radical (unpaired) electrons. The fourth-order valence-electron chi connectivity index (χ4n) is 6.50. The highest BCUT2D eigenvalue weighted by atomic mass is 32.1. The lowest BCUT2D eigenvalue weighted by Crippen LogP contribution is -2.58. The summed E-state index contributed by atoms with van der Waals surface area (Å²) >= 11 is 1.02. The Kier molecular flexibility index (Phi) is 9.50. The lowest BCUT2D eigenvalue weighted by atomic mass is 9.85. The van der Waals surface area contributed by atoms with Crippen LogP contribution in [0.4, 0.5) is 8.78 Å². The van der Waals surface area contributed by atoms with Gasteiger partial charge in [-0.1, -0.05) is 51.1 Å². The fourth-order valence-corrected chi connectivity index (χ4v) is 7.92. The van der Waals surface area contributed by atoms with E-state index in [4.69, 9.17) is 9.79 Å². The first-order valence-corrected chi connectivity index (χ1v) is 17.8. The SMILES string of the molecule is Cc1ccccc1C1CCCN(C(=O)[C@@H]2CCCN2C(=O)[C@@H](NC(=O)c2cc3cc(C(F)(F)P(=O)(O)O)ccc3s2)C(C)(C)C)C1. The number of likely N-dealkylation sites (tertiary alicyclic amines) is 2. The number of fused-ring (bicyclic) bond motifs is 1. The maximum absolute atomic E-state index is 14.3. The molecule has 248 valence electrons. The number of nitrogens with zero attached hydrogens (tertiary/aromatic N) is 2. The molecule has 3 aromatic rings. The van der Waals surface area contributed by atoms with E-state index in [-0.39, 0.29) is 28.0 Å². The van der Waals surface area contributed by atoms with Gasteiger partial charge in [0.25, 0.3) is 5.91 Å². The molecule has 2 saturated heterocycles. The zero-order valence-electron chi connectivity index (χ0n) is 26.3. The van der Waals surface area contributed by atoms with Crippen molar-refractivity contribution in [1.82, 2.24) is 15.1 Å². The number of thiophene rings is 1. The Bertz CT molecular complexity index is 1700. The molecule has 2 aliphatic heterocycles. The smallest absolute Gasteiger partial charge is 0.340 e. The Morgan fingerprint density at radius 3 is 2.39 bits per heavy atom. The van der Waals surface area contributed by atoms with Gasteiger partial charge in [-0.2, -0.15) is 8.78 Å². The van der Waals surface area contributed by atoms with Crippen LogP contribution in [0.5, 0.6) is 0 Å². The van der Waals surface area contributed by atoms with E-state index in [1.165, 1.54) is 23.3 Å². The normalized spacial score (nSPS) is 20.2. The predicted octanol–water partition coefficient (Wildman–Crippen LogP) is 5.98. The molecule has 1 aromatic heterocycles. The van der Waals surface area contributed by atoms with Crippen LogP contribution in [-0.4, -0.2) is 69.0 Å². The third-order valence-corrected chi connectivity index (χ3v) is 11.1.